The maximum Gasteiger partial charge on any atom is 0.387 e. The number of pyridine rings is 1. The molecule has 10 heteroatoms. The predicted octanol–water partition coefficient (Wildman–Crippen LogP) is 3.29. The molecule has 5 rings (SSSR count). The number of aryl methyl sites for hydroxylation is 1. The molecule has 8 nitrogen and oxygen atoms in total. The number of anilines is 1. The van der Waals surface area contributed by atoms with Gasteiger partial charge in [0.05, 0.1) is 23.8 Å². The molecule has 2 aromatic heterocycles. The summed E-state index contributed by atoms with van der Waals surface area (Å²) < 4.78 is 36.4. The summed E-state index contributed by atoms with van der Waals surface area (Å²) in [7, 11) is 0. The topological polar surface area (TPSA) is 80.7 Å². The van der Waals surface area contributed by atoms with Crippen LogP contribution < -0.4 is 9.64 Å². The fourth-order valence-corrected chi connectivity index (χ4v) is 4.47. The van der Waals surface area contributed by atoms with E-state index in [1.165, 1.54) is 6.07 Å². The van der Waals surface area contributed by atoms with Crippen LogP contribution in [0.25, 0.3) is 11.0 Å². The highest BCUT2D eigenvalue weighted by Crippen LogP contribution is 2.38. The van der Waals surface area contributed by atoms with E-state index in [9.17, 15) is 13.6 Å². The van der Waals surface area contributed by atoms with Crippen LogP contribution in [0.1, 0.15) is 24.2 Å². The number of nitrogens with zero attached hydrogens (tertiary/aromatic N) is 5. The molecular formula is C23H23F2N5O3. The second-order valence-corrected chi connectivity index (χ2v) is 8.19. The summed E-state index contributed by atoms with van der Waals surface area (Å²) in [6, 6.07) is 10.7. The van der Waals surface area contributed by atoms with Crippen molar-refractivity contribution in [2.24, 2.45) is 0 Å². The number of para-hydroxylation sites is 2. The van der Waals surface area contributed by atoms with Gasteiger partial charge in [-0.05, 0) is 31.2 Å². The van der Waals surface area contributed by atoms with Crippen LogP contribution >= 0.6 is 0 Å². The van der Waals surface area contributed by atoms with Gasteiger partial charge in [-0.2, -0.15) is 8.78 Å². The molecular weight excluding hydrogens is 432 g/mol. The van der Waals surface area contributed by atoms with E-state index in [1.54, 1.807) is 24.1 Å². The van der Waals surface area contributed by atoms with E-state index in [1.807, 2.05) is 24.3 Å². The first-order chi connectivity index (χ1) is 15.9. The lowest BCUT2D eigenvalue weighted by Gasteiger charge is -2.43. The number of fused-ring (bicyclic) bond motifs is 1. The van der Waals surface area contributed by atoms with Crippen molar-refractivity contribution in [3.8, 4) is 5.75 Å². The van der Waals surface area contributed by atoms with Crippen molar-refractivity contribution in [3.05, 3.63) is 54.0 Å². The SMILES string of the molecule is Cc1ccc(OC(F)F)c(CN2C(=O)COC23CCN(c2cnc4ccccc4n2)CC3)n1. The number of amides is 1. The van der Waals surface area contributed by atoms with Gasteiger partial charge in [0.15, 0.2) is 0 Å². The van der Waals surface area contributed by atoms with Gasteiger partial charge in [0.1, 0.15) is 29.6 Å². The highest BCUT2D eigenvalue weighted by molar-refractivity contribution is 5.80. The van der Waals surface area contributed by atoms with E-state index in [2.05, 4.69) is 19.6 Å². The van der Waals surface area contributed by atoms with Crippen molar-refractivity contribution in [1.82, 2.24) is 19.9 Å². The van der Waals surface area contributed by atoms with Crippen molar-refractivity contribution < 1.29 is 23.0 Å². The number of ether oxygens (including phenoxy) is 2. The van der Waals surface area contributed by atoms with Gasteiger partial charge in [-0.25, -0.2) is 4.98 Å². The van der Waals surface area contributed by atoms with Crippen molar-refractivity contribution in [1.29, 1.82) is 0 Å². The summed E-state index contributed by atoms with van der Waals surface area (Å²) in [5, 5.41) is 0. The Balaban J connectivity index is 1.35. The van der Waals surface area contributed by atoms with Crippen LogP contribution in [-0.4, -0.2) is 57.8 Å². The average molecular weight is 455 g/mol. The fraction of sp³-hybridized carbons (Fsp3) is 0.391. The third kappa shape index (κ3) is 4.18. The Morgan fingerprint density at radius 2 is 1.88 bits per heavy atom. The summed E-state index contributed by atoms with van der Waals surface area (Å²) in [4.78, 5) is 30.0. The number of carbonyl (C=O) groups is 1. The fourth-order valence-electron chi connectivity index (χ4n) is 4.47. The third-order valence-corrected chi connectivity index (χ3v) is 6.16. The zero-order chi connectivity index (χ0) is 23.0. The maximum atomic E-state index is 12.9. The van der Waals surface area contributed by atoms with Gasteiger partial charge < -0.3 is 19.3 Å². The molecule has 0 bridgehead atoms. The number of rotatable bonds is 5. The predicted molar refractivity (Wildman–Crippen MR) is 116 cm³/mol. The molecule has 0 aliphatic carbocycles. The average Bonchev–Trinajstić information content (AvgIpc) is 3.10. The number of benzene rings is 1. The number of piperidine rings is 1. The summed E-state index contributed by atoms with van der Waals surface area (Å²) in [5.41, 5.74) is 1.78. The van der Waals surface area contributed by atoms with Crippen molar-refractivity contribution in [2.45, 2.75) is 38.6 Å². The van der Waals surface area contributed by atoms with Crippen LogP contribution in [0.2, 0.25) is 0 Å². The highest BCUT2D eigenvalue weighted by Gasteiger charge is 2.49. The number of carbonyl (C=O) groups excluding carboxylic acids is 1. The van der Waals surface area contributed by atoms with Crippen molar-refractivity contribution in [3.63, 3.8) is 0 Å². The van der Waals surface area contributed by atoms with Gasteiger partial charge in [-0.1, -0.05) is 12.1 Å². The molecule has 2 aliphatic rings. The second-order valence-electron chi connectivity index (χ2n) is 8.19. The maximum absolute atomic E-state index is 12.9. The molecule has 4 heterocycles. The smallest absolute Gasteiger partial charge is 0.387 e. The zero-order valence-electron chi connectivity index (χ0n) is 18.1. The van der Waals surface area contributed by atoms with Gasteiger partial charge in [-0.3, -0.25) is 14.8 Å². The van der Waals surface area contributed by atoms with E-state index in [0.717, 1.165) is 16.9 Å². The Kier molecular flexibility index (Phi) is 5.53. The molecule has 0 unspecified atom stereocenters. The van der Waals surface area contributed by atoms with E-state index in [-0.39, 0.29) is 30.5 Å². The summed E-state index contributed by atoms with van der Waals surface area (Å²) in [5.74, 6) is 0.543. The van der Waals surface area contributed by atoms with E-state index >= 15 is 0 Å². The number of hydrogen-bond acceptors (Lipinski definition) is 7. The molecule has 33 heavy (non-hydrogen) atoms. The monoisotopic (exact) mass is 455 g/mol. The van der Waals surface area contributed by atoms with Gasteiger partial charge in [0.2, 0.25) is 0 Å². The number of aromatic nitrogens is 3. The van der Waals surface area contributed by atoms with Crippen molar-refractivity contribution >= 4 is 22.8 Å². The molecule has 2 fully saturated rings. The first kappa shape index (κ1) is 21.4. The Morgan fingerprint density at radius 1 is 1.12 bits per heavy atom. The molecule has 3 aromatic rings. The Hall–Kier alpha value is -3.40. The molecule has 0 atom stereocenters. The molecule has 0 radical (unpaired) electrons. The first-order valence-electron chi connectivity index (χ1n) is 10.8. The lowest BCUT2D eigenvalue weighted by atomic mass is 9.98. The number of halogens is 2. The highest BCUT2D eigenvalue weighted by atomic mass is 19.3. The van der Waals surface area contributed by atoms with Crippen molar-refractivity contribution in [2.75, 3.05) is 24.6 Å². The number of hydrogen-bond donors (Lipinski definition) is 0. The van der Waals surface area contributed by atoms with E-state index in [4.69, 9.17) is 9.72 Å². The van der Waals surface area contributed by atoms with Crippen LogP contribution in [0.15, 0.2) is 42.6 Å². The van der Waals surface area contributed by atoms with Crippen LogP contribution in [0, 0.1) is 6.92 Å². The molecule has 172 valence electrons. The largest absolute Gasteiger partial charge is 0.433 e. The first-order valence-corrected chi connectivity index (χ1v) is 10.8. The van der Waals surface area contributed by atoms with Crippen LogP contribution in [0.3, 0.4) is 0 Å². The Bertz CT molecular complexity index is 1180. The molecule has 0 saturated carbocycles. The van der Waals surface area contributed by atoms with Gasteiger partial charge >= 0.3 is 6.61 Å². The molecule has 2 saturated heterocycles. The summed E-state index contributed by atoms with van der Waals surface area (Å²) >= 11 is 0. The van der Waals surface area contributed by atoms with Crippen LogP contribution in [0.5, 0.6) is 5.75 Å². The van der Waals surface area contributed by atoms with Crippen LogP contribution in [0.4, 0.5) is 14.6 Å². The quantitative estimate of drug-likeness (QED) is 0.584. The molecule has 2 aliphatic heterocycles. The molecule has 1 aromatic carbocycles. The molecule has 1 spiro atoms. The van der Waals surface area contributed by atoms with Gasteiger partial charge in [0.25, 0.3) is 5.91 Å². The van der Waals surface area contributed by atoms with Crippen LogP contribution in [-0.2, 0) is 16.1 Å². The van der Waals surface area contributed by atoms with Gasteiger partial charge in [0, 0.05) is 31.6 Å². The van der Waals surface area contributed by atoms with Gasteiger partial charge in [-0.15, -0.1) is 0 Å². The minimum absolute atomic E-state index is 0.0330. The second kappa shape index (κ2) is 8.51. The summed E-state index contributed by atoms with van der Waals surface area (Å²) in [6.45, 7) is -0.00221. The minimum atomic E-state index is -2.97. The summed E-state index contributed by atoms with van der Waals surface area (Å²) in [6.07, 6.45) is 2.84. The number of alkyl halides is 2. The lowest BCUT2D eigenvalue weighted by Crippen LogP contribution is -2.54. The molecule has 1 amide bonds. The third-order valence-electron chi connectivity index (χ3n) is 6.16. The minimum Gasteiger partial charge on any atom is -0.433 e. The van der Waals surface area contributed by atoms with E-state index in [0.29, 0.717) is 31.6 Å². The zero-order valence-corrected chi connectivity index (χ0v) is 18.1. The lowest BCUT2D eigenvalue weighted by molar-refractivity contribution is -0.138. The normalized spacial score (nSPS) is 18.0. The standard InChI is InChI=1S/C23H23F2N5O3/c1-15-6-7-19(33-22(24)25)18(27-15)13-30-21(31)14-32-23(30)8-10-29(11-9-23)20-12-26-16-4-2-3-5-17(16)28-20/h2-7,12,22H,8-11,13-14H2,1H3. The van der Waals surface area contributed by atoms with E-state index < -0.39 is 12.3 Å². The molecule has 0 N–H and O–H groups in total. The Labute approximate surface area is 189 Å². The Morgan fingerprint density at radius 3 is 2.64 bits per heavy atom.